The van der Waals surface area contributed by atoms with E-state index in [1.807, 2.05) is 6.92 Å². The number of pyridine rings is 1. The second-order valence-corrected chi connectivity index (χ2v) is 5.77. The molecule has 0 saturated heterocycles. The number of fused-ring (bicyclic) bond motifs is 1. The Labute approximate surface area is 131 Å². The number of hydrogen-bond donors (Lipinski definition) is 2. The molecule has 23 heavy (non-hydrogen) atoms. The van der Waals surface area contributed by atoms with Crippen LogP contribution in [0.25, 0.3) is 0 Å². The molecule has 2 aromatic rings. The van der Waals surface area contributed by atoms with E-state index in [9.17, 15) is 18.8 Å². The van der Waals surface area contributed by atoms with Crippen molar-refractivity contribution in [2.45, 2.75) is 19.8 Å². The minimum Gasteiger partial charge on any atom is -0.325 e. The van der Waals surface area contributed by atoms with Crippen molar-refractivity contribution in [3.63, 3.8) is 0 Å². The Morgan fingerprint density at radius 3 is 2.74 bits per heavy atom. The van der Waals surface area contributed by atoms with Crippen LogP contribution < -0.4 is 10.9 Å². The number of benzene rings is 1. The molecule has 2 N–H and O–H groups in total. The van der Waals surface area contributed by atoms with E-state index in [-0.39, 0.29) is 23.0 Å². The molecule has 1 aromatic carbocycles. The molecule has 1 unspecified atom stereocenters. The van der Waals surface area contributed by atoms with Crippen molar-refractivity contribution < 1.29 is 14.0 Å². The van der Waals surface area contributed by atoms with E-state index >= 15 is 0 Å². The first-order chi connectivity index (χ1) is 11.0. The maximum atomic E-state index is 13.6. The second-order valence-electron chi connectivity index (χ2n) is 5.77. The highest BCUT2D eigenvalue weighted by Gasteiger charge is 2.25. The van der Waals surface area contributed by atoms with Gasteiger partial charge in [0, 0.05) is 17.7 Å². The largest absolute Gasteiger partial charge is 0.325 e. The number of anilines is 1. The molecule has 1 aliphatic rings. The lowest BCUT2D eigenvalue weighted by molar-refractivity contribution is 0.0952. The Morgan fingerprint density at radius 1 is 1.26 bits per heavy atom. The second kappa shape index (κ2) is 5.79. The molecule has 6 heteroatoms. The third kappa shape index (κ3) is 2.92. The number of carbonyl (C=O) groups excluding carboxylic acids is 2. The van der Waals surface area contributed by atoms with E-state index in [1.165, 1.54) is 24.3 Å². The van der Waals surface area contributed by atoms with E-state index in [1.54, 1.807) is 6.07 Å². The molecule has 1 atom stereocenters. The third-order valence-electron chi connectivity index (χ3n) is 3.88. The molecule has 1 aromatic heterocycles. The summed E-state index contributed by atoms with van der Waals surface area (Å²) in [5.74, 6) is -1.29. The Morgan fingerprint density at radius 2 is 2.00 bits per heavy atom. The van der Waals surface area contributed by atoms with Gasteiger partial charge in [-0.2, -0.15) is 0 Å². The van der Waals surface area contributed by atoms with Gasteiger partial charge in [-0.15, -0.1) is 0 Å². The summed E-state index contributed by atoms with van der Waals surface area (Å²) < 4.78 is 13.6. The average Bonchev–Trinajstić information content (AvgIpc) is 2.48. The van der Waals surface area contributed by atoms with Gasteiger partial charge in [0.15, 0.2) is 5.78 Å². The van der Waals surface area contributed by atoms with Gasteiger partial charge in [0.2, 0.25) is 0 Å². The number of aromatic nitrogens is 1. The van der Waals surface area contributed by atoms with Crippen molar-refractivity contribution >= 4 is 17.4 Å². The normalized spacial score (nSPS) is 16.8. The average molecular weight is 314 g/mol. The van der Waals surface area contributed by atoms with Crippen molar-refractivity contribution in [1.82, 2.24) is 4.98 Å². The maximum absolute atomic E-state index is 13.6. The van der Waals surface area contributed by atoms with Crippen molar-refractivity contribution in [1.29, 1.82) is 0 Å². The molecule has 1 heterocycles. The van der Waals surface area contributed by atoms with Crippen LogP contribution >= 0.6 is 0 Å². The molecule has 0 aliphatic heterocycles. The summed E-state index contributed by atoms with van der Waals surface area (Å²) in [5.41, 5.74) is 0.117. The van der Waals surface area contributed by atoms with E-state index in [4.69, 9.17) is 0 Å². The van der Waals surface area contributed by atoms with Gasteiger partial charge in [0.1, 0.15) is 11.4 Å². The number of amides is 1. The molecule has 0 fully saturated rings. The number of rotatable bonds is 2. The van der Waals surface area contributed by atoms with Crippen LogP contribution in [0.15, 0.2) is 35.1 Å². The van der Waals surface area contributed by atoms with Crippen LogP contribution in [0.3, 0.4) is 0 Å². The Kier molecular flexibility index (Phi) is 3.82. The Hall–Kier alpha value is -2.76. The molecule has 1 aliphatic carbocycles. The molecule has 0 radical (unpaired) electrons. The summed E-state index contributed by atoms with van der Waals surface area (Å²) in [6.45, 7) is 1.93. The van der Waals surface area contributed by atoms with E-state index in [2.05, 4.69) is 10.3 Å². The smallest absolute Gasteiger partial charge is 0.261 e. The monoisotopic (exact) mass is 314 g/mol. The van der Waals surface area contributed by atoms with Gasteiger partial charge in [-0.25, -0.2) is 4.39 Å². The molecule has 3 rings (SSSR count). The van der Waals surface area contributed by atoms with E-state index < -0.39 is 17.3 Å². The fraction of sp³-hybridized carbons (Fsp3) is 0.235. The fourth-order valence-electron chi connectivity index (χ4n) is 2.75. The number of halogens is 1. The van der Waals surface area contributed by atoms with Crippen LogP contribution in [0.1, 0.15) is 39.8 Å². The minimum absolute atomic E-state index is 0.0189. The van der Waals surface area contributed by atoms with Gasteiger partial charge in [0.25, 0.3) is 11.5 Å². The van der Waals surface area contributed by atoms with Crippen LogP contribution in [0.5, 0.6) is 0 Å². The molecule has 0 spiro atoms. The molecule has 0 bridgehead atoms. The Balaban J connectivity index is 1.96. The number of ketones is 1. The van der Waals surface area contributed by atoms with E-state index in [0.29, 0.717) is 24.1 Å². The summed E-state index contributed by atoms with van der Waals surface area (Å²) in [6, 6.07) is 6.97. The van der Waals surface area contributed by atoms with Crippen molar-refractivity contribution in [3.05, 3.63) is 63.3 Å². The van der Waals surface area contributed by atoms with Crippen LogP contribution in [0, 0.1) is 11.7 Å². The van der Waals surface area contributed by atoms with Crippen LogP contribution in [-0.2, 0) is 6.42 Å². The summed E-state index contributed by atoms with van der Waals surface area (Å²) in [6.07, 6.45) is 0.971. The number of H-pyrrole nitrogens is 1. The van der Waals surface area contributed by atoms with Gasteiger partial charge in [-0.3, -0.25) is 14.4 Å². The van der Waals surface area contributed by atoms with Crippen LogP contribution in [0.2, 0.25) is 0 Å². The number of Topliss-reactive ketones (excluding diaryl/α,β-unsaturated/α-hetero) is 1. The van der Waals surface area contributed by atoms with Gasteiger partial charge in [-0.1, -0.05) is 19.1 Å². The van der Waals surface area contributed by atoms with E-state index in [0.717, 1.165) is 0 Å². The SMILES string of the molecule is CC1CC(=O)c2cc(C(=O)Nc3ccccc3F)c(=O)[nH]c2C1. The number of hydrogen-bond acceptors (Lipinski definition) is 3. The predicted molar refractivity (Wildman–Crippen MR) is 83.2 cm³/mol. The van der Waals surface area contributed by atoms with Crippen molar-refractivity contribution in [2.75, 3.05) is 5.32 Å². The van der Waals surface area contributed by atoms with Crippen molar-refractivity contribution in [2.24, 2.45) is 5.92 Å². The fourth-order valence-corrected chi connectivity index (χ4v) is 2.75. The zero-order valence-electron chi connectivity index (χ0n) is 12.5. The first-order valence-corrected chi connectivity index (χ1v) is 7.31. The summed E-state index contributed by atoms with van der Waals surface area (Å²) in [7, 11) is 0. The lowest BCUT2D eigenvalue weighted by Crippen LogP contribution is -2.29. The summed E-state index contributed by atoms with van der Waals surface area (Å²) in [4.78, 5) is 39.0. The maximum Gasteiger partial charge on any atom is 0.261 e. The zero-order valence-corrected chi connectivity index (χ0v) is 12.5. The number of para-hydroxylation sites is 1. The zero-order chi connectivity index (χ0) is 16.6. The highest BCUT2D eigenvalue weighted by Crippen LogP contribution is 2.23. The molecular weight excluding hydrogens is 299 g/mol. The summed E-state index contributed by atoms with van der Waals surface area (Å²) in [5, 5.41) is 2.35. The molecule has 5 nitrogen and oxygen atoms in total. The van der Waals surface area contributed by atoms with Crippen molar-refractivity contribution in [3.8, 4) is 0 Å². The highest BCUT2D eigenvalue weighted by atomic mass is 19.1. The quantitative estimate of drug-likeness (QED) is 0.894. The first kappa shape index (κ1) is 15.1. The number of carbonyl (C=O) groups is 2. The first-order valence-electron chi connectivity index (χ1n) is 7.31. The molecule has 0 saturated carbocycles. The van der Waals surface area contributed by atoms with Gasteiger partial charge >= 0.3 is 0 Å². The van der Waals surface area contributed by atoms with Gasteiger partial charge < -0.3 is 10.3 Å². The molecule has 118 valence electrons. The lowest BCUT2D eigenvalue weighted by Gasteiger charge is -2.20. The topological polar surface area (TPSA) is 79.0 Å². The minimum atomic E-state index is -0.745. The van der Waals surface area contributed by atoms with Gasteiger partial charge in [0.05, 0.1) is 5.69 Å². The number of nitrogens with one attached hydrogen (secondary N) is 2. The molecule has 1 amide bonds. The highest BCUT2D eigenvalue weighted by molar-refractivity contribution is 6.06. The van der Waals surface area contributed by atoms with Crippen LogP contribution in [0.4, 0.5) is 10.1 Å². The Bertz CT molecular complexity index is 857. The van der Waals surface area contributed by atoms with Gasteiger partial charge in [-0.05, 0) is 30.5 Å². The van der Waals surface area contributed by atoms with Crippen LogP contribution in [-0.4, -0.2) is 16.7 Å². The predicted octanol–water partition coefficient (Wildman–Crippen LogP) is 2.53. The third-order valence-corrected chi connectivity index (χ3v) is 3.88. The standard InChI is InChI=1S/C17H15FN2O3/c1-9-6-14-10(15(21)7-9)8-11(17(23)20-14)16(22)19-13-5-3-2-4-12(13)18/h2-5,8-9H,6-7H2,1H3,(H,19,22)(H,20,23). The summed E-state index contributed by atoms with van der Waals surface area (Å²) >= 11 is 0. The number of aromatic amines is 1. The lowest BCUT2D eigenvalue weighted by atomic mass is 9.86. The molecular formula is C17H15FN2O3.